The number of nitrogens with zero attached hydrogens (tertiary/aromatic N) is 2. The summed E-state index contributed by atoms with van der Waals surface area (Å²) in [5, 5.41) is 0. The van der Waals surface area contributed by atoms with Gasteiger partial charge in [-0.05, 0) is 26.9 Å². The Balaban J connectivity index is 2.34. The predicted molar refractivity (Wildman–Crippen MR) is 68.9 cm³/mol. The third kappa shape index (κ3) is 5.28. The third-order valence-electron chi connectivity index (χ3n) is 3.51. The molecule has 0 heterocycles. The van der Waals surface area contributed by atoms with Crippen LogP contribution in [0.3, 0.4) is 0 Å². The van der Waals surface area contributed by atoms with E-state index in [-0.39, 0.29) is 0 Å². The maximum Gasteiger partial charge on any atom is 0.0589 e. The van der Waals surface area contributed by atoms with E-state index >= 15 is 0 Å². The SMILES string of the molecule is COCCN(CCN(C)C)C1CCCCC1. The van der Waals surface area contributed by atoms with Gasteiger partial charge in [-0.15, -0.1) is 0 Å². The Labute approximate surface area is 101 Å². The lowest BCUT2D eigenvalue weighted by Crippen LogP contribution is -2.42. The highest BCUT2D eigenvalue weighted by Crippen LogP contribution is 2.22. The molecule has 0 aromatic rings. The lowest BCUT2D eigenvalue weighted by Gasteiger charge is -2.34. The summed E-state index contributed by atoms with van der Waals surface area (Å²) in [7, 11) is 6.09. The lowest BCUT2D eigenvalue weighted by atomic mass is 9.94. The Morgan fingerprint density at radius 3 is 2.25 bits per heavy atom. The zero-order valence-electron chi connectivity index (χ0n) is 11.2. The molecule has 0 aromatic heterocycles. The van der Waals surface area contributed by atoms with Crippen LogP contribution in [0.1, 0.15) is 32.1 Å². The second kappa shape index (κ2) is 8.04. The first-order valence-electron chi connectivity index (χ1n) is 6.61. The van der Waals surface area contributed by atoms with Crippen LogP contribution in [0.25, 0.3) is 0 Å². The van der Waals surface area contributed by atoms with E-state index in [1.807, 2.05) is 0 Å². The first-order valence-corrected chi connectivity index (χ1v) is 6.61. The van der Waals surface area contributed by atoms with Gasteiger partial charge in [-0.2, -0.15) is 0 Å². The number of hydrogen-bond donors (Lipinski definition) is 0. The molecule has 3 nitrogen and oxygen atoms in total. The van der Waals surface area contributed by atoms with Gasteiger partial charge in [-0.25, -0.2) is 0 Å². The van der Waals surface area contributed by atoms with Crippen molar-refractivity contribution in [1.29, 1.82) is 0 Å². The zero-order valence-corrected chi connectivity index (χ0v) is 11.2. The summed E-state index contributed by atoms with van der Waals surface area (Å²) in [4.78, 5) is 4.89. The Morgan fingerprint density at radius 1 is 1.00 bits per heavy atom. The van der Waals surface area contributed by atoms with E-state index < -0.39 is 0 Å². The Kier molecular flexibility index (Phi) is 7.01. The summed E-state index contributed by atoms with van der Waals surface area (Å²) in [5.41, 5.74) is 0. The highest BCUT2D eigenvalue weighted by molar-refractivity contribution is 4.76. The number of hydrogen-bond acceptors (Lipinski definition) is 3. The van der Waals surface area contributed by atoms with Crippen molar-refractivity contribution < 1.29 is 4.74 Å². The molecular weight excluding hydrogens is 200 g/mol. The van der Waals surface area contributed by atoms with Gasteiger partial charge in [-0.3, -0.25) is 4.90 Å². The van der Waals surface area contributed by atoms with Crippen LogP contribution in [0.2, 0.25) is 0 Å². The largest absolute Gasteiger partial charge is 0.383 e. The fourth-order valence-corrected chi connectivity index (χ4v) is 2.46. The Morgan fingerprint density at radius 2 is 1.69 bits per heavy atom. The van der Waals surface area contributed by atoms with Crippen LogP contribution in [-0.4, -0.2) is 63.3 Å². The van der Waals surface area contributed by atoms with E-state index in [9.17, 15) is 0 Å². The maximum absolute atomic E-state index is 5.21. The summed E-state index contributed by atoms with van der Waals surface area (Å²) >= 11 is 0. The van der Waals surface area contributed by atoms with Crippen molar-refractivity contribution in [2.24, 2.45) is 0 Å². The minimum atomic E-state index is 0.809. The monoisotopic (exact) mass is 228 g/mol. The molecule has 0 atom stereocenters. The molecule has 0 bridgehead atoms. The molecule has 1 rings (SSSR count). The zero-order chi connectivity index (χ0) is 11.8. The molecule has 0 aliphatic heterocycles. The normalized spacial score (nSPS) is 18.6. The second-order valence-electron chi connectivity index (χ2n) is 5.12. The van der Waals surface area contributed by atoms with Gasteiger partial charge in [0.2, 0.25) is 0 Å². The number of likely N-dealkylation sites (N-methyl/N-ethyl adjacent to an activating group) is 1. The van der Waals surface area contributed by atoms with Gasteiger partial charge in [0.1, 0.15) is 0 Å². The highest BCUT2D eigenvalue weighted by Gasteiger charge is 2.20. The van der Waals surface area contributed by atoms with Crippen molar-refractivity contribution >= 4 is 0 Å². The number of ether oxygens (including phenoxy) is 1. The van der Waals surface area contributed by atoms with Gasteiger partial charge in [0.15, 0.2) is 0 Å². The number of methoxy groups -OCH3 is 1. The molecule has 1 aliphatic carbocycles. The van der Waals surface area contributed by atoms with Crippen molar-refractivity contribution in [1.82, 2.24) is 9.80 Å². The molecule has 0 aromatic carbocycles. The van der Waals surface area contributed by atoms with Crippen molar-refractivity contribution in [3.05, 3.63) is 0 Å². The van der Waals surface area contributed by atoms with Crippen LogP contribution in [0.15, 0.2) is 0 Å². The van der Waals surface area contributed by atoms with Crippen LogP contribution >= 0.6 is 0 Å². The average molecular weight is 228 g/mol. The minimum absolute atomic E-state index is 0.809. The predicted octanol–water partition coefficient (Wildman–Crippen LogP) is 1.83. The first-order chi connectivity index (χ1) is 7.74. The quantitative estimate of drug-likeness (QED) is 0.661. The molecule has 1 saturated carbocycles. The van der Waals surface area contributed by atoms with Gasteiger partial charge in [0.05, 0.1) is 6.61 Å². The molecule has 16 heavy (non-hydrogen) atoms. The van der Waals surface area contributed by atoms with Gasteiger partial charge < -0.3 is 9.64 Å². The van der Waals surface area contributed by atoms with Crippen LogP contribution in [0.5, 0.6) is 0 Å². The van der Waals surface area contributed by atoms with Crippen LogP contribution in [-0.2, 0) is 4.74 Å². The van der Waals surface area contributed by atoms with Crippen LogP contribution < -0.4 is 0 Å². The fourth-order valence-electron chi connectivity index (χ4n) is 2.46. The van der Waals surface area contributed by atoms with Crippen molar-refractivity contribution in [2.75, 3.05) is 47.4 Å². The molecule has 0 unspecified atom stereocenters. The minimum Gasteiger partial charge on any atom is -0.383 e. The van der Waals surface area contributed by atoms with Gasteiger partial charge in [-0.1, -0.05) is 19.3 Å². The van der Waals surface area contributed by atoms with Crippen molar-refractivity contribution in [2.45, 2.75) is 38.1 Å². The summed E-state index contributed by atoms with van der Waals surface area (Å²) < 4.78 is 5.21. The smallest absolute Gasteiger partial charge is 0.0589 e. The molecule has 3 heteroatoms. The molecule has 0 radical (unpaired) electrons. The fraction of sp³-hybridized carbons (Fsp3) is 1.00. The van der Waals surface area contributed by atoms with Gasteiger partial charge in [0.25, 0.3) is 0 Å². The Hall–Kier alpha value is -0.120. The van der Waals surface area contributed by atoms with Gasteiger partial charge >= 0.3 is 0 Å². The van der Waals surface area contributed by atoms with Crippen LogP contribution in [0.4, 0.5) is 0 Å². The van der Waals surface area contributed by atoms with Crippen molar-refractivity contribution in [3.8, 4) is 0 Å². The summed E-state index contributed by atoms with van der Waals surface area (Å²) in [5.74, 6) is 0. The molecule has 0 spiro atoms. The van der Waals surface area contributed by atoms with Gasteiger partial charge in [0, 0.05) is 32.8 Å². The van der Waals surface area contributed by atoms with E-state index in [2.05, 4.69) is 23.9 Å². The summed E-state index contributed by atoms with van der Waals surface area (Å²) in [6.07, 6.45) is 7.03. The molecule has 0 amide bonds. The standard InChI is InChI=1S/C13H28N2O/c1-14(2)9-10-15(11-12-16-3)13-7-5-4-6-8-13/h13H,4-12H2,1-3H3. The maximum atomic E-state index is 5.21. The number of rotatable bonds is 7. The molecular formula is C13H28N2O. The molecule has 1 aliphatic rings. The first kappa shape index (κ1) is 13.9. The topological polar surface area (TPSA) is 15.7 Å². The molecule has 0 saturated heterocycles. The molecule has 1 fully saturated rings. The van der Waals surface area contributed by atoms with E-state index in [4.69, 9.17) is 4.74 Å². The summed E-state index contributed by atoms with van der Waals surface area (Å²) in [6, 6.07) is 0.809. The second-order valence-corrected chi connectivity index (χ2v) is 5.12. The molecule has 96 valence electrons. The van der Waals surface area contributed by atoms with E-state index in [1.54, 1.807) is 7.11 Å². The Bertz CT molecular complexity index is 167. The summed E-state index contributed by atoms with van der Waals surface area (Å²) in [6.45, 7) is 4.29. The van der Waals surface area contributed by atoms with Crippen LogP contribution in [0, 0.1) is 0 Å². The van der Waals surface area contributed by atoms with Crippen molar-refractivity contribution in [3.63, 3.8) is 0 Å². The lowest BCUT2D eigenvalue weighted by molar-refractivity contribution is 0.0962. The third-order valence-corrected chi connectivity index (χ3v) is 3.51. The van der Waals surface area contributed by atoms with E-state index in [1.165, 1.54) is 38.6 Å². The highest BCUT2D eigenvalue weighted by atomic mass is 16.5. The average Bonchev–Trinajstić information content (AvgIpc) is 2.30. The molecule has 0 N–H and O–H groups in total. The van der Waals surface area contributed by atoms with E-state index in [0.717, 1.165) is 25.7 Å². The van der Waals surface area contributed by atoms with E-state index in [0.29, 0.717) is 0 Å².